The fourth-order valence-corrected chi connectivity index (χ4v) is 1.91. The van der Waals surface area contributed by atoms with Crippen molar-refractivity contribution in [3.63, 3.8) is 0 Å². The summed E-state index contributed by atoms with van der Waals surface area (Å²) in [5.74, 6) is 0.356. The number of rotatable bonds is 2. The number of carbonyl (C=O) groups excluding carboxylic acids is 1. The van der Waals surface area contributed by atoms with Gasteiger partial charge in [-0.05, 0) is 30.5 Å². The predicted octanol–water partition coefficient (Wildman–Crippen LogP) is 3.56. The lowest BCUT2D eigenvalue weighted by molar-refractivity contribution is -0.118. The van der Waals surface area contributed by atoms with Crippen LogP contribution in [0.3, 0.4) is 0 Å². The Bertz CT molecular complexity index is 390. The fraction of sp³-hybridized carbons (Fsp3) is 0.308. The van der Waals surface area contributed by atoms with Crippen molar-refractivity contribution in [3.05, 3.63) is 46.5 Å². The lowest BCUT2D eigenvalue weighted by atomic mass is 9.93. The molecule has 1 nitrogen and oxygen atoms in total. The first-order valence-corrected chi connectivity index (χ1v) is 5.56. The van der Waals surface area contributed by atoms with Crippen LogP contribution in [0, 0.1) is 0 Å². The number of hydrogen-bond donors (Lipinski definition) is 0. The number of Topliss-reactive ketones (excluding diaryl/α,β-unsaturated/α-hetero) is 1. The Morgan fingerprint density at radius 3 is 2.47 bits per heavy atom. The molecule has 0 radical (unpaired) electrons. The highest BCUT2D eigenvalue weighted by atomic mass is 35.5. The molecule has 0 unspecified atom stereocenters. The third-order valence-corrected chi connectivity index (χ3v) is 2.94. The van der Waals surface area contributed by atoms with Crippen LogP contribution in [0.5, 0.6) is 0 Å². The quantitative estimate of drug-likeness (QED) is 0.697. The molecule has 0 aliphatic heterocycles. The van der Waals surface area contributed by atoms with Gasteiger partial charge >= 0.3 is 0 Å². The van der Waals surface area contributed by atoms with Gasteiger partial charge in [0.05, 0.1) is 0 Å². The molecule has 0 spiro atoms. The zero-order valence-electron chi connectivity index (χ0n) is 8.50. The molecule has 0 amide bonds. The Morgan fingerprint density at radius 1 is 1.13 bits per heavy atom. The Hall–Kier alpha value is -1.08. The zero-order valence-corrected chi connectivity index (χ0v) is 9.26. The third kappa shape index (κ3) is 2.93. The first kappa shape index (κ1) is 10.4. The van der Waals surface area contributed by atoms with Crippen LogP contribution in [-0.2, 0) is 11.2 Å². The molecule has 0 N–H and O–H groups in total. The van der Waals surface area contributed by atoms with Crippen molar-refractivity contribution in [2.45, 2.75) is 25.7 Å². The fourth-order valence-electron chi connectivity index (χ4n) is 1.79. The van der Waals surface area contributed by atoms with E-state index in [1.54, 1.807) is 0 Å². The van der Waals surface area contributed by atoms with Gasteiger partial charge in [0.15, 0.2) is 0 Å². The summed E-state index contributed by atoms with van der Waals surface area (Å²) in [6.45, 7) is 0. The van der Waals surface area contributed by atoms with Gasteiger partial charge in [-0.25, -0.2) is 0 Å². The molecule has 0 atom stereocenters. The van der Waals surface area contributed by atoms with Crippen molar-refractivity contribution in [1.29, 1.82) is 0 Å². The van der Waals surface area contributed by atoms with Crippen LogP contribution in [0.15, 0.2) is 35.9 Å². The molecule has 0 saturated carbocycles. The topological polar surface area (TPSA) is 17.1 Å². The van der Waals surface area contributed by atoms with Crippen molar-refractivity contribution >= 4 is 17.4 Å². The number of carbonyl (C=O) groups is 1. The van der Waals surface area contributed by atoms with E-state index in [1.807, 2.05) is 24.3 Å². The molecule has 15 heavy (non-hydrogen) atoms. The van der Waals surface area contributed by atoms with Crippen molar-refractivity contribution < 1.29 is 4.79 Å². The van der Waals surface area contributed by atoms with E-state index in [-0.39, 0.29) is 0 Å². The lowest BCUT2D eigenvalue weighted by Crippen LogP contribution is -2.05. The summed E-state index contributed by atoms with van der Waals surface area (Å²) in [7, 11) is 0. The molecule has 2 rings (SSSR count). The average molecular weight is 221 g/mol. The van der Waals surface area contributed by atoms with Crippen LogP contribution in [0.1, 0.15) is 24.8 Å². The number of benzene rings is 1. The van der Waals surface area contributed by atoms with Crippen LogP contribution >= 0.6 is 11.6 Å². The highest BCUT2D eigenvalue weighted by Crippen LogP contribution is 2.20. The predicted molar refractivity (Wildman–Crippen MR) is 62.1 cm³/mol. The normalized spacial score (nSPS) is 16.3. The van der Waals surface area contributed by atoms with Crippen LogP contribution in [-0.4, -0.2) is 5.78 Å². The van der Waals surface area contributed by atoms with Gasteiger partial charge in [0, 0.05) is 17.9 Å². The van der Waals surface area contributed by atoms with Gasteiger partial charge in [-0.1, -0.05) is 35.4 Å². The molecule has 1 aromatic rings. The molecule has 0 bridgehead atoms. The van der Waals surface area contributed by atoms with E-state index < -0.39 is 0 Å². The first-order valence-electron chi connectivity index (χ1n) is 5.18. The van der Waals surface area contributed by atoms with Gasteiger partial charge in [-0.3, -0.25) is 4.79 Å². The zero-order chi connectivity index (χ0) is 10.7. The van der Waals surface area contributed by atoms with Gasteiger partial charge in [0.25, 0.3) is 0 Å². The van der Waals surface area contributed by atoms with Gasteiger partial charge in [0.2, 0.25) is 0 Å². The molecule has 0 aromatic heterocycles. The molecule has 2 heteroatoms. The van der Waals surface area contributed by atoms with E-state index in [2.05, 4.69) is 6.08 Å². The first-order chi connectivity index (χ1) is 7.24. The SMILES string of the molecule is O=C1CC=C(Cc2ccc(Cl)cc2)CC1. The van der Waals surface area contributed by atoms with Crippen molar-refractivity contribution in [3.8, 4) is 0 Å². The highest BCUT2D eigenvalue weighted by Gasteiger charge is 2.10. The molecular formula is C13H13ClO. The number of allylic oxidation sites excluding steroid dienone is 2. The third-order valence-electron chi connectivity index (χ3n) is 2.69. The Morgan fingerprint density at radius 2 is 1.87 bits per heavy atom. The highest BCUT2D eigenvalue weighted by molar-refractivity contribution is 6.30. The van der Waals surface area contributed by atoms with Crippen LogP contribution in [0.25, 0.3) is 0 Å². The van der Waals surface area contributed by atoms with Crippen LogP contribution in [0.2, 0.25) is 5.02 Å². The maximum Gasteiger partial charge on any atom is 0.136 e. The summed E-state index contributed by atoms with van der Waals surface area (Å²) in [5, 5.41) is 0.770. The Balaban J connectivity index is 2.03. The summed E-state index contributed by atoms with van der Waals surface area (Å²) in [6.07, 6.45) is 5.26. The number of ketones is 1. The van der Waals surface area contributed by atoms with Crippen molar-refractivity contribution in [2.24, 2.45) is 0 Å². The second-order valence-corrected chi connectivity index (χ2v) is 4.34. The Kier molecular flexibility index (Phi) is 3.22. The van der Waals surface area contributed by atoms with E-state index in [9.17, 15) is 4.79 Å². The minimum Gasteiger partial charge on any atom is -0.299 e. The summed E-state index contributed by atoms with van der Waals surface area (Å²) >= 11 is 5.81. The second-order valence-electron chi connectivity index (χ2n) is 3.91. The lowest BCUT2D eigenvalue weighted by Gasteiger charge is -2.11. The summed E-state index contributed by atoms with van der Waals surface area (Å²) in [4.78, 5) is 11.0. The van der Waals surface area contributed by atoms with E-state index in [4.69, 9.17) is 11.6 Å². The summed E-state index contributed by atoms with van der Waals surface area (Å²) in [5.41, 5.74) is 2.64. The molecule has 1 aliphatic carbocycles. The minimum atomic E-state index is 0.356. The van der Waals surface area contributed by atoms with Crippen LogP contribution in [0.4, 0.5) is 0 Å². The smallest absolute Gasteiger partial charge is 0.136 e. The standard InChI is InChI=1S/C13H13ClO/c14-12-5-1-10(2-6-12)9-11-3-7-13(15)8-4-11/h1-3,5-6H,4,7-9H2. The maximum absolute atomic E-state index is 11.0. The average Bonchev–Trinajstić information content (AvgIpc) is 2.25. The van der Waals surface area contributed by atoms with Crippen molar-refractivity contribution in [1.82, 2.24) is 0 Å². The molecule has 0 saturated heterocycles. The maximum atomic E-state index is 11.0. The molecule has 0 fully saturated rings. The molecule has 0 heterocycles. The van der Waals surface area contributed by atoms with E-state index in [1.165, 1.54) is 11.1 Å². The van der Waals surface area contributed by atoms with Crippen LogP contribution < -0.4 is 0 Å². The van der Waals surface area contributed by atoms with Gasteiger partial charge < -0.3 is 0 Å². The molecule has 1 aliphatic rings. The van der Waals surface area contributed by atoms with E-state index in [0.717, 1.165) is 17.9 Å². The largest absolute Gasteiger partial charge is 0.299 e. The monoisotopic (exact) mass is 220 g/mol. The molecule has 78 valence electrons. The van der Waals surface area contributed by atoms with Gasteiger partial charge in [0.1, 0.15) is 5.78 Å². The van der Waals surface area contributed by atoms with E-state index >= 15 is 0 Å². The summed E-state index contributed by atoms with van der Waals surface area (Å²) < 4.78 is 0. The molecular weight excluding hydrogens is 208 g/mol. The minimum absolute atomic E-state index is 0.356. The number of halogens is 1. The van der Waals surface area contributed by atoms with Crippen molar-refractivity contribution in [2.75, 3.05) is 0 Å². The summed E-state index contributed by atoms with van der Waals surface area (Å²) in [6, 6.07) is 7.90. The van der Waals surface area contributed by atoms with Gasteiger partial charge in [-0.2, -0.15) is 0 Å². The Labute approximate surface area is 94.8 Å². The second kappa shape index (κ2) is 4.63. The van der Waals surface area contributed by atoms with Gasteiger partial charge in [-0.15, -0.1) is 0 Å². The molecule has 1 aromatic carbocycles. The number of hydrogen-bond acceptors (Lipinski definition) is 1. The van der Waals surface area contributed by atoms with E-state index in [0.29, 0.717) is 18.6 Å².